The number of amides is 1. The van der Waals surface area contributed by atoms with Gasteiger partial charge in [0.15, 0.2) is 6.04 Å². The van der Waals surface area contributed by atoms with E-state index in [0.717, 1.165) is 0 Å². The number of aliphatic carboxylic acids is 1. The fourth-order valence-corrected chi connectivity index (χ4v) is 1.97. The van der Waals surface area contributed by atoms with Crippen LogP contribution in [-0.4, -0.2) is 51.9 Å². The molecule has 0 aromatic carbocycles. The van der Waals surface area contributed by atoms with E-state index in [9.17, 15) is 9.59 Å². The highest BCUT2D eigenvalue weighted by Crippen LogP contribution is 2.20. The lowest BCUT2D eigenvalue weighted by molar-refractivity contribution is -0.153. The van der Waals surface area contributed by atoms with Gasteiger partial charge in [-0.1, -0.05) is 0 Å². The molecule has 0 saturated carbocycles. The molecule has 17 heavy (non-hydrogen) atoms. The van der Waals surface area contributed by atoms with Gasteiger partial charge < -0.3 is 14.7 Å². The second-order valence-corrected chi connectivity index (χ2v) is 5.91. The molecule has 0 spiro atoms. The highest BCUT2D eigenvalue weighted by Gasteiger charge is 2.37. The molecule has 1 rings (SSSR count). The van der Waals surface area contributed by atoms with Crippen LogP contribution in [0.15, 0.2) is 0 Å². The highest BCUT2D eigenvalue weighted by atomic mass is 32.1. The second kappa shape index (κ2) is 5.27. The maximum atomic E-state index is 11.6. The van der Waals surface area contributed by atoms with Gasteiger partial charge in [0.2, 0.25) is 5.91 Å². The summed E-state index contributed by atoms with van der Waals surface area (Å²) in [6.45, 7) is 5.91. The van der Waals surface area contributed by atoms with Crippen LogP contribution in [0.5, 0.6) is 0 Å². The molecular formula is C11H19NO4S. The van der Waals surface area contributed by atoms with Crippen LogP contribution in [0.2, 0.25) is 0 Å². The lowest BCUT2D eigenvalue weighted by Gasteiger charge is -2.28. The van der Waals surface area contributed by atoms with E-state index in [2.05, 4.69) is 12.6 Å². The first-order valence-electron chi connectivity index (χ1n) is 5.55. The molecule has 1 heterocycles. The topological polar surface area (TPSA) is 66.8 Å². The molecule has 2 atom stereocenters. The normalized spacial score (nSPS) is 22.9. The van der Waals surface area contributed by atoms with Gasteiger partial charge in [-0.15, -0.1) is 0 Å². The van der Waals surface area contributed by atoms with Gasteiger partial charge in [-0.05, 0) is 20.8 Å². The maximum Gasteiger partial charge on any atom is 0.328 e. The van der Waals surface area contributed by atoms with Crippen LogP contribution in [0.3, 0.4) is 0 Å². The van der Waals surface area contributed by atoms with Gasteiger partial charge in [-0.3, -0.25) is 4.79 Å². The third-order valence-electron chi connectivity index (χ3n) is 2.47. The van der Waals surface area contributed by atoms with Crippen molar-refractivity contribution < 1.29 is 19.4 Å². The van der Waals surface area contributed by atoms with Crippen LogP contribution in [-0.2, 0) is 14.3 Å². The van der Waals surface area contributed by atoms with E-state index in [-0.39, 0.29) is 17.8 Å². The maximum absolute atomic E-state index is 11.6. The van der Waals surface area contributed by atoms with Gasteiger partial charge in [0.05, 0.1) is 12.2 Å². The molecule has 0 bridgehead atoms. The molecule has 5 nitrogen and oxygen atoms in total. The number of ether oxygens (including phenoxy) is 1. The van der Waals surface area contributed by atoms with E-state index < -0.39 is 17.6 Å². The number of carboxylic acids is 1. The van der Waals surface area contributed by atoms with Crippen LogP contribution < -0.4 is 0 Å². The third-order valence-corrected chi connectivity index (χ3v) is 2.82. The van der Waals surface area contributed by atoms with Crippen molar-refractivity contribution in [2.75, 3.05) is 13.2 Å². The fraction of sp³-hybridized carbons (Fsp3) is 0.818. The number of likely N-dealkylation sites (tertiary alicyclic amines) is 1. The largest absolute Gasteiger partial charge is 0.480 e. The number of carbonyl (C=O) groups is 2. The van der Waals surface area contributed by atoms with Crippen LogP contribution in [0.25, 0.3) is 0 Å². The van der Waals surface area contributed by atoms with E-state index in [4.69, 9.17) is 9.84 Å². The fourth-order valence-electron chi connectivity index (χ4n) is 1.64. The van der Waals surface area contributed by atoms with Crippen molar-refractivity contribution in [3.05, 3.63) is 0 Å². The average Bonchev–Trinajstić information content (AvgIpc) is 2.43. The minimum atomic E-state index is -1.04. The molecule has 1 aliphatic heterocycles. The summed E-state index contributed by atoms with van der Waals surface area (Å²) in [6.07, 6.45) is 0.294. The van der Waals surface area contributed by atoms with Crippen LogP contribution in [0, 0.1) is 0 Å². The summed E-state index contributed by atoms with van der Waals surface area (Å²) in [7, 11) is 0. The molecule has 1 unspecified atom stereocenters. The number of hydrogen-bond acceptors (Lipinski definition) is 4. The molecule has 0 aromatic heterocycles. The number of rotatable bonds is 4. The Morgan fingerprint density at radius 2 is 2.24 bits per heavy atom. The van der Waals surface area contributed by atoms with E-state index in [1.54, 1.807) is 0 Å². The summed E-state index contributed by atoms with van der Waals surface area (Å²) in [4.78, 5) is 24.1. The van der Waals surface area contributed by atoms with Crippen molar-refractivity contribution in [3.8, 4) is 0 Å². The number of hydrogen-bond donors (Lipinski definition) is 2. The zero-order valence-electron chi connectivity index (χ0n) is 10.3. The molecule has 1 N–H and O–H groups in total. The molecule has 0 aliphatic carbocycles. The van der Waals surface area contributed by atoms with Gasteiger partial charge >= 0.3 is 5.97 Å². The molecule has 0 radical (unpaired) electrons. The minimum absolute atomic E-state index is 0.00503. The van der Waals surface area contributed by atoms with Crippen molar-refractivity contribution in [1.82, 2.24) is 4.90 Å². The van der Waals surface area contributed by atoms with E-state index in [1.807, 2.05) is 20.8 Å². The second-order valence-electron chi connectivity index (χ2n) is 5.18. The third kappa shape index (κ3) is 4.20. The Morgan fingerprint density at radius 1 is 1.65 bits per heavy atom. The molecular weight excluding hydrogens is 242 g/mol. The Bertz CT molecular complexity index is 313. The predicted octanol–water partition coefficient (Wildman–Crippen LogP) is 0.785. The number of carbonyl (C=O) groups excluding carboxylic acids is 1. The van der Waals surface area contributed by atoms with Crippen molar-refractivity contribution in [1.29, 1.82) is 0 Å². The van der Waals surface area contributed by atoms with Gasteiger partial charge in [0.1, 0.15) is 0 Å². The van der Waals surface area contributed by atoms with Crippen molar-refractivity contribution in [3.63, 3.8) is 0 Å². The van der Waals surface area contributed by atoms with Crippen molar-refractivity contribution in [2.45, 2.75) is 44.1 Å². The quantitative estimate of drug-likeness (QED) is 0.734. The number of nitrogens with zero attached hydrogens (tertiary/aromatic N) is 1. The van der Waals surface area contributed by atoms with Gasteiger partial charge in [0.25, 0.3) is 0 Å². The highest BCUT2D eigenvalue weighted by molar-refractivity contribution is 7.81. The molecule has 0 aromatic rings. The van der Waals surface area contributed by atoms with Crippen molar-refractivity contribution >= 4 is 24.5 Å². The first kappa shape index (κ1) is 14.3. The summed E-state index contributed by atoms with van der Waals surface area (Å²) in [5, 5.41) is 9.05. The molecule has 1 amide bonds. The zero-order valence-corrected chi connectivity index (χ0v) is 11.2. The van der Waals surface area contributed by atoms with Crippen LogP contribution in [0.4, 0.5) is 0 Å². The summed E-state index contributed by atoms with van der Waals surface area (Å²) in [5.41, 5.74) is -0.420. The van der Waals surface area contributed by atoms with E-state index in [0.29, 0.717) is 13.0 Å². The zero-order chi connectivity index (χ0) is 13.2. The Kier molecular flexibility index (Phi) is 4.43. The first-order valence-corrected chi connectivity index (χ1v) is 6.06. The smallest absolute Gasteiger partial charge is 0.328 e. The Balaban J connectivity index is 2.67. The summed E-state index contributed by atoms with van der Waals surface area (Å²) < 4.78 is 5.45. The Morgan fingerprint density at radius 3 is 2.59 bits per heavy atom. The van der Waals surface area contributed by atoms with Crippen LogP contribution in [0.1, 0.15) is 27.2 Å². The summed E-state index contributed by atoms with van der Waals surface area (Å²) >= 11 is 4.20. The molecule has 1 saturated heterocycles. The first-order chi connectivity index (χ1) is 7.70. The molecule has 98 valence electrons. The SMILES string of the molecule is CC(C)(C)OC[C@@H](C(=O)O)N1CC(S)CC1=O. The molecule has 6 heteroatoms. The Labute approximate surface area is 107 Å². The average molecular weight is 261 g/mol. The summed E-state index contributed by atoms with van der Waals surface area (Å²) in [6, 6.07) is -0.918. The monoisotopic (exact) mass is 261 g/mol. The molecule has 1 fully saturated rings. The number of carboxylic acid groups (broad SMARTS) is 1. The van der Waals surface area contributed by atoms with E-state index in [1.165, 1.54) is 4.90 Å². The standard InChI is InChI=1S/C11H19NO4S/c1-11(2,3)16-6-8(10(14)15)12-5-7(17)4-9(12)13/h7-8,17H,4-6H2,1-3H3,(H,14,15)/t7?,8-/m0/s1. The lowest BCUT2D eigenvalue weighted by atomic mass is 10.2. The minimum Gasteiger partial charge on any atom is -0.480 e. The molecule has 1 aliphatic rings. The van der Waals surface area contributed by atoms with Crippen molar-refractivity contribution in [2.24, 2.45) is 0 Å². The number of thiol groups is 1. The van der Waals surface area contributed by atoms with Crippen LogP contribution >= 0.6 is 12.6 Å². The van der Waals surface area contributed by atoms with Gasteiger partial charge in [0, 0.05) is 18.2 Å². The van der Waals surface area contributed by atoms with Gasteiger partial charge in [-0.25, -0.2) is 4.79 Å². The van der Waals surface area contributed by atoms with E-state index >= 15 is 0 Å². The Hall–Kier alpha value is -0.750. The summed E-state index contributed by atoms with van der Waals surface area (Å²) in [5.74, 6) is -1.21. The lowest BCUT2D eigenvalue weighted by Crippen LogP contribution is -2.46. The predicted molar refractivity (Wildman–Crippen MR) is 66.2 cm³/mol. The van der Waals surface area contributed by atoms with Gasteiger partial charge in [-0.2, -0.15) is 12.6 Å².